The van der Waals surface area contributed by atoms with E-state index in [2.05, 4.69) is 9.97 Å². The maximum atomic E-state index is 5.94. The standard InChI is InChI=1S/C12H9Cl3N2O/c1-7-4-8(2-3-10(7)14)18-12-9(5-13)11(15)16-6-17-12/h2-4,6H,5H2,1H3. The molecular formula is C12H9Cl3N2O. The van der Waals surface area contributed by atoms with Crippen LogP contribution in [0.2, 0.25) is 10.2 Å². The molecule has 1 aromatic carbocycles. The van der Waals surface area contributed by atoms with Gasteiger partial charge in [0.2, 0.25) is 5.88 Å². The number of ether oxygens (including phenoxy) is 1. The van der Waals surface area contributed by atoms with Gasteiger partial charge in [-0.3, -0.25) is 0 Å². The molecule has 0 saturated carbocycles. The van der Waals surface area contributed by atoms with E-state index >= 15 is 0 Å². The number of hydrogen-bond donors (Lipinski definition) is 0. The van der Waals surface area contributed by atoms with Crippen molar-refractivity contribution in [3.63, 3.8) is 0 Å². The monoisotopic (exact) mass is 302 g/mol. The summed E-state index contributed by atoms with van der Waals surface area (Å²) in [6.07, 6.45) is 1.33. The van der Waals surface area contributed by atoms with Gasteiger partial charge >= 0.3 is 0 Å². The fourth-order valence-electron chi connectivity index (χ4n) is 1.37. The van der Waals surface area contributed by atoms with E-state index in [1.54, 1.807) is 12.1 Å². The van der Waals surface area contributed by atoms with Crippen LogP contribution in [0.15, 0.2) is 24.5 Å². The summed E-state index contributed by atoms with van der Waals surface area (Å²) in [5, 5.41) is 0.973. The molecule has 6 heteroatoms. The number of hydrogen-bond acceptors (Lipinski definition) is 3. The quantitative estimate of drug-likeness (QED) is 0.613. The lowest BCUT2D eigenvalue weighted by molar-refractivity contribution is 0.456. The minimum atomic E-state index is 0.182. The number of aromatic nitrogens is 2. The molecule has 0 aliphatic rings. The van der Waals surface area contributed by atoms with Crippen LogP contribution in [0.5, 0.6) is 11.6 Å². The third-order valence-electron chi connectivity index (χ3n) is 2.33. The Morgan fingerprint density at radius 2 is 2.00 bits per heavy atom. The predicted molar refractivity (Wildman–Crippen MR) is 72.9 cm³/mol. The molecule has 0 spiro atoms. The first-order chi connectivity index (χ1) is 8.61. The summed E-state index contributed by atoms with van der Waals surface area (Å²) in [7, 11) is 0. The van der Waals surface area contributed by atoms with E-state index in [0.29, 0.717) is 27.4 Å². The van der Waals surface area contributed by atoms with Crippen molar-refractivity contribution in [3.05, 3.63) is 45.8 Å². The van der Waals surface area contributed by atoms with E-state index in [9.17, 15) is 0 Å². The van der Waals surface area contributed by atoms with E-state index in [4.69, 9.17) is 39.5 Å². The lowest BCUT2D eigenvalue weighted by atomic mass is 10.2. The van der Waals surface area contributed by atoms with E-state index < -0.39 is 0 Å². The van der Waals surface area contributed by atoms with Crippen LogP contribution in [-0.2, 0) is 5.88 Å². The Bertz CT molecular complexity index is 575. The molecule has 0 bridgehead atoms. The fourth-order valence-corrected chi connectivity index (χ4v) is 1.99. The maximum absolute atomic E-state index is 5.94. The number of aryl methyl sites for hydroxylation is 1. The van der Waals surface area contributed by atoms with Crippen molar-refractivity contribution in [2.24, 2.45) is 0 Å². The van der Waals surface area contributed by atoms with Gasteiger partial charge in [0, 0.05) is 5.02 Å². The van der Waals surface area contributed by atoms with Crippen molar-refractivity contribution < 1.29 is 4.74 Å². The number of nitrogens with zero attached hydrogens (tertiary/aromatic N) is 2. The zero-order valence-corrected chi connectivity index (χ0v) is 11.7. The van der Waals surface area contributed by atoms with E-state index in [-0.39, 0.29) is 5.88 Å². The third kappa shape index (κ3) is 2.86. The van der Waals surface area contributed by atoms with Gasteiger partial charge in [0.15, 0.2) is 0 Å². The highest BCUT2D eigenvalue weighted by Crippen LogP contribution is 2.29. The van der Waals surface area contributed by atoms with Crippen LogP contribution >= 0.6 is 34.8 Å². The van der Waals surface area contributed by atoms with Crippen LogP contribution in [0.4, 0.5) is 0 Å². The van der Waals surface area contributed by atoms with Crippen LogP contribution < -0.4 is 4.74 Å². The molecule has 0 radical (unpaired) electrons. The molecule has 0 aliphatic heterocycles. The molecule has 2 rings (SSSR count). The molecule has 0 amide bonds. The summed E-state index contributed by atoms with van der Waals surface area (Å²) in [4.78, 5) is 7.88. The second kappa shape index (κ2) is 5.74. The summed E-state index contributed by atoms with van der Waals surface area (Å²) in [5.41, 5.74) is 1.48. The van der Waals surface area contributed by atoms with Crippen molar-refractivity contribution in [3.8, 4) is 11.6 Å². The Kier molecular flexibility index (Phi) is 4.27. The second-order valence-electron chi connectivity index (χ2n) is 3.59. The highest BCUT2D eigenvalue weighted by Gasteiger charge is 2.11. The Morgan fingerprint density at radius 1 is 1.22 bits per heavy atom. The lowest BCUT2D eigenvalue weighted by Gasteiger charge is -2.09. The zero-order valence-electron chi connectivity index (χ0n) is 9.45. The number of rotatable bonds is 3. The summed E-state index contributed by atoms with van der Waals surface area (Å²) in [5.74, 6) is 1.16. The molecule has 0 fully saturated rings. The van der Waals surface area contributed by atoms with Gasteiger partial charge in [-0.15, -0.1) is 11.6 Å². The van der Waals surface area contributed by atoms with Gasteiger partial charge in [0.05, 0.1) is 11.4 Å². The summed E-state index contributed by atoms with van der Waals surface area (Å²) < 4.78 is 5.64. The molecule has 0 aliphatic carbocycles. The van der Waals surface area contributed by atoms with Crippen molar-refractivity contribution in [1.29, 1.82) is 0 Å². The van der Waals surface area contributed by atoms with Gasteiger partial charge in [-0.1, -0.05) is 23.2 Å². The van der Waals surface area contributed by atoms with Crippen LogP contribution in [0, 0.1) is 6.92 Å². The van der Waals surface area contributed by atoms with E-state index in [0.717, 1.165) is 5.56 Å². The molecule has 0 N–H and O–H groups in total. The Morgan fingerprint density at radius 3 is 2.67 bits per heavy atom. The highest BCUT2D eigenvalue weighted by atomic mass is 35.5. The Balaban J connectivity index is 2.34. The molecule has 1 aromatic heterocycles. The predicted octanol–water partition coefficient (Wildman–Crippen LogP) is 4.62. The molecule has 0 unspecified atom stereocenters. The first-order valence-corrected chi connectivity index (χ1v) is 6.40. The molecule has 2 aromatic rings. The third-order valence-corrected chi connectivity index (χ3v) is 3.35. The summed E-state index contributed by atoms with van der Waals surface area (Å²) in [6, 6.07) is 5.33. The highest BCUT2D eigenvalue weighted by molar-refractivity contribution is 6.31. The summed E-state index contributed by atoms with van der Waals surface area (Å²) in [6.45, 7) is 1.89. The van der Waals surface area contributed by atoms with Gasteiger partial charge in [-0.2, -0.15) is 0 Å². The van der Waals surface area contributed by atoms with E-state index in [1.165, 1.54) is 6.33 Å². The first-order valence-electron chi connectivity index (χ1n) is 5.11. The average Bonchev–Trinajstić information content (AvgIpc) is 2.34. The van der Waals surface area contributed by atoms with Gasteiger partial charge in [0.1, 0.15) is 17.2 Å². The first kappa shape index (κ1) is 13.4. The average molecular weight is 304 g/mol. The fraction of sp³-hybridized carbons (Fsp3) is 0.167. The minimum Gasteiger partial charge on any atom is -0.439 e. The van der Waals surface area contributed by atoms with Crippen LogP contribution in [0.25, 0.3) is 0 Å². The lowest BCUT2D eigenvalue weighted by Crippen LogP contribution is -1.96. The van der Waals surface area contributed by atoms with Gasteiger partial charge in [-0.05, 0) is 30.7 Å². The maximum Gasteiger partial charge on any atom is 0.228 e. The molecule has 0 saturated heterocycles. The number of alkyl halides is 1. The smallest absolute Gasteiger partial charge is 0.228 e. The molecule has 1 heterocycles. The van der Waals surface area contributed by atoms with Crippen molar-refractivity contribution in [1.82, 2.24) is 9.97 Å². The van der Waals surface area contributed by atoms with Crippen LogP contribution in [0.1, 0.15) is 11.1 Å². The SMILES string of the molecule is Cc1cc(Oc2ncnc(Cl)c2CCl)ccc1Cl. The zero-order chi connectivity index (χ0) is 13.1. The molecule has 18 heavy (non-hydrogen) atoms. The summed E-state index contributed by atoms with van der Waals surface area (Å²) >= 11 is 17.7. The van der Waals surface area contributed by atoms with Crippen molar-refractivity contribution in [2.75, 3.05) is 0 Å². The number of benzene rings is 1. The van der Waals surface area contributed by atoms with E-state index in [1.807, 2.05) is 13.0 Å². The Hall–Kier alpha value is -1.03. The molecule has 3 nitrogen and oxygen atoms in total. The van der Waals surface area contributed by atoms with Gasteiger partial charge in [-0.25, -0.2) is 9.97 Å². The van der Waals surface area contributed by atoms with Crippen molar-refractivity contribution >= 4 is 34.8 Å². The largest absolute Gasteiger partial charge is 0.439 e. The minimum absolute atomic E-state index is 0.182. The molecule has 94 valence electrons. The number of halogens is 3. The van der Waals surface area contributed by atoms with Crippen LogP contribution in [-0.4, -0.2) is 9.97 Å². The van der Waals surface area contributed by atoms with Gasteiger partial charge in [0.25, 0.3) is 0 Å². The van der Waals surface area contributed by atoms with Crippen molar-refractivity contribution in [2.45, 2.75) is 12.8 Å². The van der Waals surface area contributed by atoms with Crippen LogP contribution in [0.3, 0.4) is 0 Å². The topological polar surface area (TPSA) is 35.0 Å². The molecular weight excluding hydrogens is 295 g/mol. The Labute approximate surface area is 120 Å². The molecule has 0 atom stereocenters. The normalized spacial score (nSPS) is 10.4. The second-order valence-corrected chi connectivity index (χ2v) is 4.63. The van der Waals surface area contributed by atoms with Gasteiger partial charge < -0.3 is 4.74 Å².